The zero-order chi connectivity index (χ0) is 23.4. The van der Waals surface area contributed by atoms with Gasteiger partial charge >= 0.3 is 0 Å². The van der Waals surface area contributed by atoms with Crippen LogP contribution in [0, 0.1) is 0 Å². The van der Waals surface area contributed by atoms with Crippen LogP contribution < -0.4 is 15.0 Å². The van der Waals surface area contributed by atoms with Gasteiger partial charge in [0.25, 0.3) is 5.91 Å². The van der Waals surface area contributed by atoms with Gasteiger partial charge in [0, 0.05) is 35.6 Å². The van der Waals surface area contributed by atoms with Gasteiger partial charge in [-0.1, -0.05) is 0 Å². The minimum atomic E-state index is -0.193. The molecular weight excluding hydrogens is 414 g/mol. The third-order valence-electron chi connectivity index (χ3n) is 5.38. The summed E-state index contributed by atoms with van der Waals surface area (Å²) in [4.78, 5) is 19.6. The molecule has 0 bridgehead atoms. The first kappa shape index (κ1) is 22.4. The summed E-state index contributed by atoms with van der Waals surface area (Å²) in [5.41, 5.74) is 4.67. The Balaban J connectivity index is 1.49. The van der Waals surface area contributed by atoms with Crippen LogP contribution in [0.3, 0.4) is 0 Å². The number of anilines is 2. The molecule has 6 heteroatoms. The lowest BCUT2D eigenvalue weighted by atomic mass is 10.2. The molecule has 0 radical (unpaired) electrons. The van der Waals surface area contributed by atoms with E-state index >= 15 is 0 Å². The van der Waals surface area contributed by atoms with Gasteiger partial charge in [0.05, 0.1) is 6.10 Å². The number of rotatable bonds is 8. The van der Waals surface area contributed by atoms with Crippen molar-refractivity contribution in [3.05, 3.63) is 72.3 Å². The highest BCUT2D eigenvalue weighted by Crippen LogP contribution is 2.28. The number of nitrogens with zero attached hydrogens (tertiary/aromatic N) is 2. The van der Waals surface area contributed by atoms with Crippen molar-refractivity contribution in [1.82, 2.24) is 4.98 Å². The summed E-state index contributed by atoms with van der Waals surface area (Å²) in [5, 5.41) is 2.93. The molecule has 0 saturated heterocycles. The van der Waals surface area contributed by atoms with E-state index in [1.165, 1.54) is 5.69 Å². The van der Waals surface area contributed by atoms with Crippen molar-refractivity contribution in [3.63, 3.8) is 0 Å². The lowest BCUT2D eigenvalue weighted by molar-refractivity contribution is 0.102. The minimum absolute atomic E-state index is 0.0871. The van der Waals surface area contributed by atoms with E-state index < -0.39 is 0 Å². The van der Waals surface area contributed by atoms with Crippen LogP contribution in [0.25, 0.3) is 22.6 Å². The molecule has 1 aromatic heterocycles. The molecule has 0 spiro atoms. The number of hydrogen-bond donors (Lipinski definition) is 1. The Morgan fingerprint density at radius 1 is 1.00 bits per heavy atom. The Morgan fingerprint density at radius 2 is 1.70 bits per heavy atom. The van der Waals surface area contributed by atoms with E-state index in [1.807, 2.05) is 44.2 Å². The average molecular weight is 444 g/mol. The number of fused-ring (bicyclic) bond motifs is 1. The number of carbonyl (C=O) groups excluding carboxylic acids is 1. The van der Waals surface area contributed by atoms with E-state index in [4.69, 9.17) is 9.15 Å². The number of amides is 1. The maximum atomic E-state index is 12.6. The van der Waals surface area contributed by atoms with Gasteiger partial charge in [0.1, 0.15) is 11.3 Å². The Hall–Kier alpha value is -3.80. The summed E-state index contributed by atoms with van der Waals surface area (Å²) < 4.78 is 11.6. The summed E-state index contributed by atoms with van der Waals surface area (Å²) in [6, 6.07) is 20.8. The van der Waals surface area contributed by atoms with Crippen molar-refractivity contribution in [1.29, 1.82) is 0 Å². The van der Waals surface area contributed by atoms with Gasteiger partial charge in [-0.15, -0.1) is 0 Å². The third-order valence-corrected chi connectivity index (χ3v) is 5.38. The lowest BCUT2D eigenvalue weighted by Crippen LogP contribution is -2.21. The van der Waals surface area contributed by atoms with Crippen LogP contribution in [0.15, 0.2) is 71.1 Å². The normalized spacial score (nSPS) is 11.1. The molecule has 0 aliphatic heterocycles. The molecular formula is C27H29N3O3. The van der Waals surface area contributed by atoms with Crippen LogP contribution in [0.2, 0.25) is 0 Å². The van der Waals surface area contributed by atoms with E-state index in [-0.39, 0.29) is 12.0 Å². The molecule has 0 aliphatic rings. The topological polar surface area (TPSA) is 67.6 Å². The summed E-state index contributed by atoms with van der Waals surface area (Å²) >= 11 is 0. The molecule has 1 amide bonds. The highest BCUT2D eigenvalue weighted by molar-refractivity contribution is 6.05. The van der Waals surface area contributed by atoms with Crippen LogP contribution >= 0.6 is 0 Å². The predicted molar refractivity (Wildman–Crippen MR) is 133 cm³/mol. The first-order chi connectivity index (χ1) is 16.0. The number of carbonyl (C=O) groups is 1. The first-order valence-corrected chi connectivity index (χ1v) is 11.3. The minimum Gasteiger partial charge on any atom is -0.491 e. The van der Waals surface area contributed by atoms with Gasteiger partial charge in [-0.3, -0.25) is 4.79 Å². The Labute approximate surface area is 194 Å². The number of nitrogens with one attached hydrogen (secondary N) is 1. The van der Waals surface area contributed by atoms with Gasteiger partial charge in [-0.25, -0.2) is 4.98 Å². The third kappa shape index (κ3) is 5.17. The van der Waals surface area contributed by atoms with Gasteiger partial charge in [-0.2, -0.15) is 0 Å². The van der Waals surface area contributed by atoms with Gasteiger partial charge < -0.3 is 19.4 Å². The molecule has 0 aliphatic carbocycles. The van der Waals surface area contributed by atoms with Crippen molar-refractivity contribution >= 4 is 28.4 Å². The summed E-state index contributed by atoms with van der Waals surface area (Å²) in [6.07, 6.45) is 0.0871. The van der Waals surface area contributed by atoms with Gasteiger partial charge in [0.2, 0.25) is 5.89 Å². The molecule has 6 nitrogen and oxygen atoms in total. The molecule has 4 rings (SSSR count). The number of oxazole rings is 1. The fourth-order valence-corrected chi connectivity index (χ4v) is 3.69. The van der Waals surface area contributed by atoms with E-state index in [0.717, 1.165) is 24.4 Å². The quantitative estimate of drug-likeness (QED) is 0.342. The maximum absolute atomic E-state index is 12.6. The molecule has 0 atom stereocenters. The highest BCUT2D eigenvalue weighted by Gasteiger charge is 2.12. The predicted octanol–water partition coefficient (Wildman–Crippen LogP) is 6.38. The van der Waals surface area contributed by atoms with Gasteiger partial charge in [-0.05, 0) is 94.4 Å². The second-order valence-electron chi connectivity index (χ2n) is 8.07. The summed E-state index contributed by atoms with van der Waals surface area (Å²) in [5.74, 6) is 1.10. The van der Waals surface area contributed by atoms with Crippen molar-refractivity contribution in [3.8, 4) is 17.2 Å². The average Bonchev–Trinajstić information content (AvgIpc) is 3.24. The maximum Gasteiger partial charge on any atom is 0.255 e. The van der Waals surface area contributed by atoms with E-state index in [9.17, 15) is 4.79 Å². The highest BCUT2D eigenvalue weighted by atomic mass is 16.5. The molecule has 1 heterocycles. The van der Waals surface area contributed by atoms with Crippen LogP contribution in [0.5, 0.6) is 5.75 Å². The molecule has 0 fully saturated rings. The van der Waals surface area contributed by atoms with Crippen LogP contribution in [0.4, 0.5) is 11.4 Å². The molecule has 4 aromatic rings. The van der Waals surface area contributed by atoms with E-state index in [2.05, 4.69) is 41.2 Å². The van der Waals surface area contributed by atoms with Crippen molar-refractivity contribution < 1.29 is 13.9 Å². The molecule has 3 aromatic carbocycles. The Morgan fingerprint density at radius 3 is 2.33 bits per heavy atom. The summed E-state index contributed by atoms with van der Waals surface area (Å²) in [7, 11) is 0. The van der Waals surface area contributed by atoms with E-state index in [1.54, 1.807) is 24.3 Å². The number of ether oxygens (including phenoxy) is 1. The Bertz CT molecular complexity index is 1220. The van der Waals surface area contributed by atoms with Crippen LogP contribution in [-0.2, 0) is 0 Å². The molecule has 170 valence electrons. The fraction of sp³-hybridized carbons (Fsp3) is 0.259. The second kappa shape index (κ2) is 9.77. The first-order valence-electron chi connectivity index (χ1n) is 11.3. The van der Waals surface area contributed by atoms with Crippen LogP contribution in [0.1, 0.15) is 38.1 Å². The zero-order valence-corrected chi connectivity index (χ0v) is 19.5. The summed E-state index contributed by atoms with van der Waals surface area (Å²) in [6.45, 7) is 10.1. The smallest absolute Gasteiger partial charge is 0.255 e. The number of benzene rings is 3. The van der Waals surface area contributed by atoms with Crippen molar-refractivity contribution in [2.24, 2.45) is 0 Å². The SMILES string of the molecule is CCN(CC)c1ccc(-c2nc3cc(NC(=O)c4ccc(OC(C)C)cc4)ccc3o2)cc1. The lowest BCUT2D eigenvalue weighted by Gasteiger charge is -2.20. The molecule has 0 unspecified atom stereocenters. The second-order valence-corrected chi connectivity index (χ2v) is 8.07. The molecule has 1 N–H and O–H groups in total. The van der Waals surface area contributed by atoms with E-state index in [0.29, 0.717) is 28.2 Å². The van der Waals surface area contributed by atoms with Crippen molar-refractivity contribution in [2.45, 2.75) is 33.8 Å². The Kier molecular flexibility index (Phi) is 6.63. The van der Waals surface area contributed by atoms with Gasteiger partial charge in [0.15, 0.2) is 5.58 Å². The van der Waals surface area contributed by atoms with Crippen molar-refractivity contribution in [2.75, 3.05) is 23.3 Å². The van der Waals surface area contributed by atoms with Crippen LogP contribution in [-0.4, -0.2) is 30.1 Å². The zero-order valence-electron chi connectivity index (χ0n) is 19.5. The number of hydrogen-bond acceptors (Lipinski definition) is 5. The fourth-order valence-electron chi connectivity index (χ4n) is 3.69. The largest absolute Gasteiger partial charge is 0.491 e. The molecule has 33 heavy (non-hydrogen) atoms. The standard InChI is InChI=1S/C27H29N3O3/c1-5-30(6-2)22-12-7-20(8-13-22)27-29-24-17-21(11-16-25(24)33-27)28-26(31)19-9-14-23(15-10-19)32-18(3)4/h7-18H,5-6H2,1-4H3,(H,28,31). The number of aromatic nitrogens is 1. The monoisotopic (exact) mass is 443 g/mol. The molecule has 0 saturated carbocycles.